The lowest BCUT2D eigenvalue weighted by molar-refractivity contribution is 0.450. The van der Waals surface area contributed by atoms with E-state index in [1.54, 1.807) is 12.3 Å². The number of aromatic hydroxyl groups is 2. The molecule has 0 spiro atoms. The Morgan fingerprint density at radius 3 is 2.43 bits per heavy atom. The zero-order valence-corrected chi connectivity index (χ0v) is 8.23. The highest BCUT2D eigenvalue weighted by molar-refractivity contribution is 5.83. The maximum Gasteiger partial charge on any atom is 0.128 e. The number of nitrogens with zero attached hydrogens (tertiary/aromatic N) is 1. The molecule has 1 aromatic carbocycles. The number of phenolic OH excluding ortho intramolecular Hbond substituents is 2. The Kier molecular flexibility index (Phi) is 4.66. The summed E-state index contributed by atoms with van der Waals surface area (Å²) in [6.45, 7) is 3.90. The summed E-state index contributed by atoms with van der Waals surface area (Å²) in [5.74, 6) is 0.101. The summed E-state index contributed by atoms with van der Waals surface area (Å²) in [7, 11) is 0. The number of aliphatic imine (C=N–C) groups is 1. The summed E-state index contributed by atoms with van der Waals surface area (Å²) in [4.78, 5) is 4.12. The second-order valence-corrected chi connectivity index (χ2v) is 3.12. The molecule has 4 nitrogen and oxygen atoms in total. The van der Waals surface area contributed by atoms with Crippen LogP contribution in [0.2, 0.25) is 0 Å². The summed E-state index contributed by atoms with van der Waals surface area (Å²) in [5.41, 5.74) is 0.617. The smallest absolute Gasteiger partial charge is 0.128 e. The molecule has 4 heteroatoms. The van der Waals surface area contributed by atoms with Gasteiger partial charge in [0.05, 0.1) is 0 Å². The molecular formula is C10H15NO3. The molecule has 0 fully saturated rings. The molecule has 0 aliphatic carbocycles. The van der Waals surface area contributed by atoms with Gasteiger partial charge in [0.25, 0.3) is 0 Å². The van der Waals surface area contributed by atoms with Gasteiger partial charge in [0.2, 0.25) is 0 Å². The molecule has 0 saturated carbocycles. The Bertz CT molecular complexity index is 321. The van der Waals surface area contributed by atoms with Crippen molar-refractivity contribution >= 4 is 6.21 Å². The monoisotopic (exact) mass is 197 g/mol. The molecule has 1 rings (SSSR count). The second-order valence-electron chi connectivity index (χ2n) is 3.12. The van der Waals surface area contributed by atoms with Gasteiger partial charge in [-0.3, -0.25) is 4.99 Å². The first-order chi connectivity index (χ1) is 6.09. The van der Waals surface area contributed by atoms with Gasteiger partial charge in [0.1, 0.15) is 11.5 Å². The number of hydrogen-bond donors (Lipinski definition) is 2. The molecule has 0 heterocycles. The molecule has 0 aromatic heterocycles. The number of phenols is 2. The Morgan fingerprint density at radius 1 is 1.29 bits per heavy atom. The van der Waals surface area contributed by atoms with Crippen molar-refractivity contribution in [1.29, 1.82) is 0 Å². The predicted octanol–water partition coefficient (Wildman–Crippen LogP) is 1.10. The minimum absolute atomic E-state index is 0. The molecule has 4 N–H and O–H groups in total. The van der Waals surface area contributed by atoms with Crippen LogP contribution in [-0.4, -0.2) is 27.9 Å². The first kappa shape index (κ1) is 12.4. The largest absolute Gasteiger partial charge is 0.508 e. The van der Waals surface area contributed by atoms with Gasteiger partial charge in [0.15, 0.2) is 0 Å². The quantitative estimate of drug-likeness (QED) is 0.696. The van der Waals surface area contributed by atoms with Crippen molar-refractivity contribution in [1.82, 2.24) is 0 Å². The second kappa shape index (κ2) is 5.24. The van der Waals surface area contributed by atoms with Crippen LogP contribution in [-0.2, 0) is 0 Å². The van der Waals surface area contributed by atoms with E-state index in [0.29, 0.717) is 5.56 Å². The molecule has 0 amide bonds. The molecule has 0 bridgehead atoms. The highest BCUT2D eigenvalue weighted by Crippen LogP contribution is 2.20. The van der Waals surface area contributed by atoms with Gasteiger partial charge in [0, 0.05) is 23.9 Å². The van der Waals surface area contributed by atoms with Crippen LogP contribution in [0.3, 0.4) is 0 Å². The average Bonchev–Trinajstić information content (AvgIpc) is 2.02. The van der Waals surface area contributed by atoms with Crippen LogP contribution in [0.4, 0.5) is 0 Å². The Hall–Kier alpha value is -1.55. The van der Waals surface area contributed by atoms with Gasteiger partial charge in [-0.1, -0.05) is 0 Å². The topological polar surface area (TPSA) is 84.3 Å². The van der Waals surface area contributed by atoms with Crippen LogP contribution in [0.1, 0.15) is 19.4 Å². The third-order valence-electron chi connectivity index (χ3n) is 1.53. The maximum atomic E-state index is 9.35. The van der Waals surface area contributed by atoms with Crippen LogP contribution >= 0.6 is 0 Å². The van der Waals surface area contributed by atoms with Gasteiger partial charge >= 0.3 is 0 Å². The third-order valence-corrected chi connectivity index (χ3v) is 1.53. The molecule has 0 aliphatic heterocycles. The molecule has 0 unspecified atom stereocenters. The lowest BCUT2D eigenvalue weighted by atomic mass is 10.2. The van der Waals surface area contributed by atoms with Crippen LogP contribution in [0.25, 0.3) is 0 Å². The Labute approximate surface area is 82.9 Å². The summed E-state index contributed by atoms with van der Waals surface area (Å²) in [6, 6.07) is 4.63. The molecule has 0 saturated heterocycles. The van der Waals surface area contributed by atoms with Crippen molar-refractivity contribution in [2.45, 2.75) is 19.9 Å². The minimum Gasteiger partial charge on any atom is -0.508 e. The molecule has 0 aliphatic rings. The molecule has 78 valence electrons. The van der Waals surface area contributed by atoms with Crippen molar-refractivity contribution < 1.29 is 15.7 Å². The lowest BCUT2D eigenvalue weighted by Gasteiger charge is -2.00. The average molecular weight is 197 g/mol. The van der Waals surface area contributed by atoms with E-state index in [4.69, 9.17) is 5.11 Å². The van der Waals surface area contributed by atoms with Crippen molar-refractivity contribution in [3.8, 4) is 11.5 Å². The number of benzene rings is 1. The summed E-state index contributed by atoms with van der Waals surface area (Å²) >= 11 is 0. The van der Waals surface area contributed by atoms with E-state index in [2.05, 4.69) is 4.99 Å². The summed E-state index contributed by atoms with van der Waals surface area (Å²) < 4.78 is 0. The van der Waals surface area contributed by atoms with Crippen LogP contribution in [0.15, 0.2) is 23.2 Å². The molecule has 0 atom stereocenters. The van der Waals surface area contributed by atoms with Crippen LogP contribution < -0.4 is 0 Å². The van der Waals surface area contributed by atoms with E-state index in [1.165, 1.54) is 12.1 Å². The van der Waals surface area contributed by atoms with Gasteiger partial charge in [-0.2, -0.15) is 0 Å². The molecule has 0 radical (unpaired) electrons. The van der Waals surface area contributed by atoms with Crippen molar-refractivity contribution in [2.24, 2.45) is 4.99 Å². The van der Waals surface area contributed by atoms with Crippen LogP contribution in [0, 0.1) is 0 Å². The number of hydrogen-bond acceptors (Lipinski definition) is 3. The van der Waals surface area contributed by atoms with Crippen molar-refractivity contribution in [2.75, 3.05) is 0 Å². The fraction of sp³-hybridized carbons (Fsp3) is 0.300. The Balaban J connectivity index is 0.00000169. The van der Waals surface area contributed by atoms with Crippen molar-refractivity contribution in [3.63, 3.8) is 0 Å². The lowest BCUT2D eigenvalue weighted by Crippen LogP contribution is -1.90. The Morgan fingerprint density at radius 2 is 1.93 bits per heavy atom. The molecule has 14 heavy (non-hydrogen) atoms. The zero-order chi connectivity index (χ0) is 9.84. The summed E-state index contributed by atoms with van der Waals surface area (Å²) in [6.07, 6.45) is 1.60. The standard InChI is InChI=1S/C10H13NO2.H2O/c1-7(2)11-6-8-3-4-9(12)5-10(8)13;/h3-7,12-13H,1-2H3;1H2/b11-6-;. The van der Waals surface area contributed by atoms with E-state index < -0.39 is 0 Å². The number of rotatable bonds is 2. The van der Waals surface area contributed by atoms with Gasteiger partial charge in [-0.05, 0) is 26.0 Å². The minimum atomic E-state index is 0. The SMILES string of the molecule is CC(C)/N=C\c1ccc(O)cc1O.O. The first-order valence-electron chi connectivity index (χ1n) is 4.15. The fourth-order valence-corrected chi connectivity index (χ4v) is 0.871. The summed E-state index contributed by atoms with van der Waals surface area (Å²) in [5, 5.41) is 18.4. The maximum absolute atomic E-state index is 9.35. The van der Waals surface area contributed by atoms with Crippen molar-refractivity contribution in [3.05, 3.63) is 23.8 Å². The molecule has 1 aromatic rings. The zero-order valence-electron chi connectivity index (χ0n) is 8.23. The van der Waals surface area contributed by atoms with E-state index in [-0.39, 0.29) is 23.0 Å². The molecular weight excluding hydrogens is 182 g/mol. The fourth-order valence-electron chi connectivity index (χ4n) is 0.871. The van der Waals surface area contributed by atoms with Gasteiger partial charge < -0.3 is 15.7 Å². The normalized spacial score (nSPS) is 10.5. The van der Waals surface area contributed by atoms with E-state index >= 15 is 0 Å². The van der Waals surface area contributed by atoms with E-state index in [0.717, 1.165) is 0 Å². The van der Waals surface area contributed by atoms with Gasteiger partial charge in [-0.15, -0.1) is 0 Å². The first-order valence-corrected chi connectivity index (χ1v) is 4.15. The highest BCUT2D eigenvalue weighted by Gasteiger charge is 1.98. The highest BCUT2D eigenvalue weighted by atomic mass is 16.3. The van der Waals surface area contributed by atoms with Crippen LogP contribution in [0.5, 0.6) is 11.5 Å². The van der Waals surface area contributed by atoms with Gasteiger partial charge in [-0.25, -0.2) is 0 Å². The van der Waals surface area contributed by atoms with E-state index in [9.17, 15) is 5.11 Å². The third kappa shape index (κ3) is 3.45. The van der Waals surface area contributed by atoms with E-state index in [1.807, 2.05) is 13.8 Å². The predicted molar refractivity (Wildman–Crippen MR) is 56.1 cm³/mol.